The van der Waals surface area contributed by atoms with E-state index >= 15 is 0 Å². The number of fused-ring (bicyclic) bond motifs is 2. The summed E-state index contributed by atoms with van der Waals surface area (Å²) in [6, 6.07) is 10.5. The number of carbonyl (C=O) groups is 1. The molecular weight excluding hydrogens is 639 g/mol. The Bertz CT molecular complexity index is 2050. The molecule has 0 unspecified atom stereocenters. The average molecular weight is 674 g/mol. The van der Waals surface area contributed by atoms with E-state index in [4.69, 9.17) is 0 Å². The van der Waals surface area contributed by atoms with Crippen molar-refractivity contribution in [2.45, 2.75) is 76.3 Å². The van der Waals surface area contributed by atoms with Gasteiger partial charge in [0.05, 0.1) is 24.3 Å². The minimum atomic E-state index is -4.26. The SMILES string of the molecule is Cc1c(CN2CCC(Nc3ncnc4sc(CC(F)(F)F)cc34)CC2)ccc2c1cc(C#N)n2CC12CC(NC(=O)c3cnc[nH]3)(C1)C2. The molecule has 4 aliphatic rings. The second-order valence-electron chi connectivity index (χ2n) is 13.9. The summed E-state index contributed by atoms with van der Waals surface area (Å²) in [5.41, 5.74) is 4.54. The first-order chi connectivity index (χ1) is 23.0. The summed E-state index contributed by atoms with van der Waals surface area (Å²) in [6.45, 7) is 5.43. The van der Waals surface area contributed by atoms with E-state index in [1.165, 1.54) is 30.0 Å². The summed E-state index contributed by atoms with van der Waals surface area (Å²) >= 11 is 1.06. The highest BCUT2D eigenvalue weighted by Gasteiger charge is 2.68. The fourth-order valence-electron chi connectivity index (χ4n) is 8.25. The van der Waals surface area contributed by atoms with Gasteiger partial charge in [-0.15, -0.1) is 11.3 Å². The molecule has 4 aromatic heterocycles. The van der Waals surface area contributed by atoms with Crippen molar-refractivity contribution in [2.24, 2.45) is 5.41 Å². The summed E-state index contributed by atoms with van der Waals surface area (Å²) in [7, 11) is 0. The molecule has 248 valence electrons. The van der Waals surface area contributed by atoms with Gasteiger partial charge in [0.25, 0.3) is 5.91 Å². The number of aromatic amines is 1. The minimum absolute atomic E-state index is 0.0934. The van der Waals surface area contributed by atoms with E-state index in [0.29, 0.717) is 27.4 Å². The number of aryl methyl sites for hydroxylation is 1. The van der Waals surface area contributed by atoms with Crippen LogP contribution in [0.15, 0.2) is 43.1 Å². The number of nitrogens with one attached hydrogen (secondary N) is 3. The number of nitriles is 1. The number of aromatic nitrogens is 5. The molecule has 10 nitrogen and oxygen atoms in total. The van der Waals surface area contributed by atoms with Gasteiger partial charge in [0.2, 0.25) is 0 Å². The van der Waals surface area contributed by atoms with Gasteiger partial charge in [0, 0.05) is 53.5 Å². The van der Waals surface area contributed by atoms with Crippen molar-refractivity contribution in [2.75, 3.05) is 18.4 Å². The van der Waals surface area contributed by atoms with Crippen LogP contribution in [0.1, 0.15) is 64.3 Å². The Labute approximate surface area is 278 Å². The summed E-state index contributed by atoms with van der Waals surface area (Å²) in [5, 5.41) is 18.4. The Balaban J connectivity index is 0.898. The van der Waals surface area contributed by atoms with Crippen LogP contribution in [0, 0.1) is 23.7 Å². The van der Waals surface area contributed by atoms with Gasteiger partial charge in [0.15, 0.2) is 0 Å². The highest BCUT2D eigenvalue weighted by molar-refractivity contribution is 7.18. The van der Waals surface area contributed by atoms with Gasteiger partial charge >= 0.3 is 6.18 Å². The lowest BCUT2D eigenvalue weighted by Gasteiger charge is -2.70. The van der Waals surface area contributed by atoms with E-state index in [2.05, 4.69) is 65.2 Å². The molecule has 0 atom stereocenters. The van der Waals surface area contributed by atoms with Crippen molar-refractivity contribution < 1.29 is 18.0 Å². The number of imidazole rings is 1. The number of alkyl halides is 3. The fourth-order valence-corrected chi connectivity index (χ4v) is 9.28. The molecule has 1 aromatic carbocycles. The zero-order valence-electron chi connectivity index (χ0n) is 26.3. The third-order valence-electron chi connectivity index (χ3n) is 10.4. The normalized spacial score (nSPS) is 22.7. The monoisotopic (exact) mass is 673 g/mol. The Hall–Kier alpha value is -4.48. The molecule has 4 fully saturated rings. The zero-order chi connectivity index (χ0) is 33.3. The number of carbonyl (C=O) groups excluding carboxylic acids is 1. The molecule has 5 heterocycles. The van der Waals surface area contributed by atoms with Crippen molar-refractivity contribution in [3.8, 4) is 6.07 Å². The van der Waals surface area contributed by atoms with Crippen LogP contribution in [-0.4, -0.2) is 66.2 Å². The van der Waals surface area contributed by atoms with Crippen molar-refractivity contribution in [3.63, 3.8) is 0 Å². The van der Waals surface area contributed by atoms with Crippen molar-refractivity contribution in [1.82, 2.24) is 34.7 Å². The van der Waals surface area contributed by atoms with Gasteiger partial charge in [0.1, 0.15) is 34.4 Å². The van der Waals surface area contributed by atoms with Crippen LogP contribution >= 0.6 is 11.3 Å². The lowest BCUT2D eigenvalue weighted by Crippen LogP contribution is -2.75. The first-order valence-corrected chi connectivity index (χ1v) is 16.9. The molecule has 3 aliphatic carbocycles. The number of thiophene rings is 1. The van der Waals surface area contributed by atoms with E-state index in [-0.39, 0.29) is 27.8 Å². The number of rotatable bonds is 9. The Morgan fingerprint density at radius 2 is 1.96 bits per heavy atom. The number of nitrogens with zero attached hydrogens (tertiary/aromatic N) is 6. The van der Waals surface area contributed by atoms with Crippen LogP contribution in [0.5, 0.6) is 0 Å². The maximum Gasteiger partial charge on any atom is 0.393 e. The second-order valence-corrected chi connectivity index (χ2v) is 15.0. The average Bonchev–Trinajstić information content (AvgIpc) is 3.76. The van der Waals surface area contributed by atoms with Gasteiger partial charge in [-0.1, -0.05) is 6.07 Å². The van der Waals surface area contributed by atoms with E-state index < -0.39 is 12.6 Å². The number of benzene rings is 1. The van der Waals surface area contributed by atoms with Crippen LogP contribution in [0.3, 0.4) is 0 Å². The molecular formula is C34H34F3N9OS. The van der Waals surface area contributed by atoms with Crippen molar-refractivity contribution >= 4 is 44.2 Å². The van der Waals surface area contributed by atoms with Crippen LogP contribution in [0.4, 0.5) is 19.0 Å². The second kappa shape index (κ2) is 11.3. The Kier molecular flexibility index (Phi) is 7.26. The lowest BCUT2D eigenvalue weighted by atomic mass is 9.39. The number of anilines is 1. The molecule has 48 heavy (non-hydrogen) atoms. The third kappa shape index (κ3) is 5.58. The van der Waals surface area contributed by atoms with Gasteiger partial charge in [-0.05, 0) is 73.8 Å². The largest absolute Gasteiger partial charge is 0.393 e. The molecule has 3 N–H and O–H groups in total. The van der Waals surface area contributed by atoms with Crippen LogP contribution < -0.4 is 10.6 Å². The molecule has 2 bridgehead atoms. The molecule has 5 aromatic rings. The highest BCUT2D eigenvalue weighted by atomic mass is 32.1. The van der Waals surface area contributed by atoms with Gasteiger partial charge in [-0.2, -0.15) is 18.4 Å². The highest BCUT2D eigenvalue weighted by Crippen LogP contribution is 2.68. The summed E-state index contributed by atoms with van der Waals surface area (Å²) in [6.07, 6.45) is 3.70. The quantitative estimate of drug-likeness (QED) is 0.173. The van der Waals surface area contributed by atoms with E-state index in [9.17, 15) is 23.2 Å². The number of amides is 1. The molecule has 0 radical (unpaired) electrons. The molecule has 14 heteroatoms. The topological polar surface area (TPSA) is 128 Å². The van der Waals surface area contributed by atoms with Crippen LogP contribution in [0.2, 0.25) is 0 Å². The number of hydrogen-bond acceptors (Lipinski definition) is 8. The van der Waals surface area contributed by atoms with E-state index in [1.807, 2.05) is 6.07 Å². The van der Waals surface area contributed by atoms with Crippen LogP contribution in [-0.2, 0) is 19.5 Å². The predicted octanol–water partition coefficient (Wildman–Crippen LogP) is 6.08. The first kappa shape index (κ1) is 30.8. The number of hydrogen-bond donors (Lipinski definition) is 3. The van der Waals surface area contributed by atoms with Gasteiger partial charge in [-0.3, -0.25) is 9.69 Å². The number of H-pyrrole nitrogens is 1. The smallest absolute Gasteiger partial charge is 0.367 e. The lowest BCUT2D eigenvalue weighted by molar-refractivity contribution is -0.156. The first-order valence-electron chi connectivity index (χ1n) is 16.1. The zero-order valence-corrected chi connectivity index (χ0v) is 27.1. The summed E-state index contributed by atoms with van der Waals surface area (Å²) in [4.78, 5) is 31.1. The predicted molar refractivity (Wildman–Crippen MR) is 176 cm³/mol. The van der Waals surface area contributed by atoms with Crippen LogP contribution in [0.25, 0.3) is 21.1 Å². The van der Waals surface area contributed by atoms with E-state index in [1.54, 1.807) is 6.07 Å². The van der Waals surface area contributed by atoms with Gasteiger partial charge < -0.3 is 20.2 Å². The van der Waals surface area contributed by atoms with E-state index in [0.717, 1.165) is 80.5 Å². The number of likely N-dealkylation sites (tertiary alicyclic amines) is 1. The molecule has 1 saturated heterocycles. The van der Waals surface area contributed by atoms with Crippen molar-refractivity contribution in [3.05, 3.63) is 70.5 Å². The minimum Gasteiger partial charge on any atom is -0.367 e. The maximum atomic E-state index is 13.0. The Morgan fingerprint density at radius 1 is 1.17 bits per heavy atom. The fraction of sp³-hybridized carbons (Fsp3) is 0.441. The molecule has 0 spiro atoms. The summed E-state index contributed by atoms with van der Waals surface area (Å²) < 4.78 is 41.0. The molecule has 3 saturated carbocycles. The molecule has 1 amide bonds. The van der Waals surface area contributed by atoms with Crippen molar-refractivity contribution in [1.29, 1.82) is 5.26 Å². The third-order valence-corrected chi connectivity index (χ3v) is 11.5. The standard InChI is InChI=1S/C34H34F3N9OS/c1-20-21(13-45-6-4-22(5-7-45)43-29-26-9-24(10-34(35,36)37)48-31(26)42-19-41-29)2-3-28-25(20)8-23(11-38)46(28)17-32-14-33(15-32,16-32)44-30(47)27-12-39-18-40-27/h2-3,8-9,12,18-19,22H,4-7,10,13-17H2,1H3,(H,39,40)(H,44,47)(H,41,42,43). The molecule has 1 aliphatic heterocycles. The number of piperidine rings is 1. The maximum absolute atomic E-state index is 13.0. The Morgan fingerprint density at radius 3 is 2.67 bits per heavy atom. The number of halogens is 3. The molecule has 9 rings (SSSR count). The van der Waals surface area contributed by atoms with Gasteiger partial charge in [-0.25, -0.2) is 15.0 Å². The summed E-state index contributed by atoms with van der Waals surface area (Å²) in [5.74, 6) is 0.468.